The maximum absolute atomic E-state index is 12.8. The van der Waals surface area contributed by atoms with Crippen molar-refractivity contribution in [3.8, 4) is 0 Å². The number of rotatable bonds is 9. The van der Waals surface area contributed by atoms with E-state index in [9.17, 15) is 19.2 Å². The van der Waals surface area contributed by atoms with Gasteiger partial charge < -0.3 is 19.1 Å². The van der Waals surface area contributed by atoms with Gasteiger partial charge >= 0.3 is 5.97 Å². The molecule has 1 aliphatic heterocycles. The highest BCUT2D eigenvalue weighted by molar-refractivity contribution is 6.23. The highest BCUT2D eigenvalue weighted by Gasteiger charge is 2.34. The molecule has 1 amide bonds. The lowest BCUT2D eigenvalue weighted by Crippen LogP contribution is -2.40. The van der Waals surface area contributed by atoms with Crippen molar-refractivity contribution in [2.45, 2.75) is 46.0 Å². The van der Waals surface area contributed by atoms with Crippen LogP contribution in [0.15, 0.2) is 46.9 Å². The zero-order valence-electron chi connectivity index (χ0n) is 20.8. The Labute approximate surface area is 205 Å². The van der Waals surface area contributed by atoms with Crippen LogP contribution in [0.1, 0.15) is 44.2 Å². The Morgan fingerprint density at radius 3 is 2.09 bits per heavy atom. The fraction of sp³-hybridized carbons (Fsp3) is 0.481. The number of benzene rings is 1. The highest BCUT2D eigenvalue weighted by atomic mass is 16.5. The SMILES string of the molecule is CCOC(=O)C1CCN(C(=O)CCc2ccc(CC3=C(C)C(=O)C(OC)=C(OC)C3=O)cc2)CC1. The Morgan fingerprint density at radius 1 is 0.943 bits per heavy atom. The second-order valence-electron chi connectivity index (χ2n) is 8.73. The average Bonchev–Trinajstić information content (AvgIpc) is 2.88. The van der Waals surface area contributed by atoms with Crippen molar-refractivity contribution >= 4 is 23.4 Å². The Balaban J connectivity index is 1.54. The summed E-state index contributed by atoms with van der Waals surface area (Å²) in [7, 11) is 2.68. The molecule has 1 fully saturated rings. The number of carbonyl (C=O) groups excluding carboxylic acids is 4. The number of aryl methyl sites for hydroxylation is 1. The van der Waals surface area contributed by atoms with Crippen LogP contribution in [0.4, 0.5) is 0 Å². The van der Waals surface area contributed by atoms with Gasteiger partial charge in [0.1, 0.15) is 0 Å². The number of ketones is 2. The lowest BCUT2D eigenvalue weighted by molar-refractivity contribution is -0.151. The number of hydrogen-bond acceptors (Lipinski definition) is 7. The lowest BCUT2D eigenvalue weighted by atomic mass is 9.88. The Kier molecular flexibility index (Phi) is 8.84. The topological polar surface area (TPSA) is 99.2 Å². The first-order valence-electron chi connectivity index (χ1n) is 11.9. The fourth-order valence-electron chi connectivity index (χ4n) is 4.47. The third-order valence-corrected chi connectivity index (χ3v) is 6.59. The van der Waals surface area contributed by atoms with Crippen molar-refractivity contribution in [1.82, 2.24) is 4.90 Å². The molecule has 8 heteroatoms. The van der Waals surface area contributed by atoms with Crippen LogP contribution in [0.5, 0.6) is 0 Å². The molecule has 0 bridgehead atoms. The number of ether oxygens (including phenoxy) is 3. The van der Waals surface area contributed by atoms with Crippen molar-refractivity contribution in [3.63, 3.8) is 0 Å². The van der Waals surface area contributed by atoms with E-state index in [0.29, 0.717) is 62.9 Å². The summed E-state index contributed by atoms with van der Waals surface area (Å²) in [6.07, 6.45) is 2.57. The largest absolute Gasteiger partial charge is 0.489 e. The van der Waals surface area contributed by atoms with E-state index in [1.165, 1.54) is 14.2 Å². The molecule has 2 aliphatic rings. The molecule has 1 heterocycles. The molecule has 1 aliphatic carbocycles. The Bertz CT molecular complexity index is 1040. The van der Waals surface area contributed by atoms with Crippen LogP contribution in [0.25, 0.3) is 0 Å². The number of allylic oxidation sites excluding steroid dienone is 2. The Hall–Kier alpha value is -3.42. The highest BCUT2D eigenvalue weighted by Crippen LogP contribution is 2.28. The number of methoxy groups -OCH3 is 2. The molecule has 1 aromatic carbocycles. The molecule has 3 rings (SSSR count). The third kappa shape index (κ3) is 5.99. The van der Waals surface area contributed by atoms with Gasteiger partial charge in [-0.25, -0.2) is 0 Å². The minimum absolute atomic E-state index is 0.0658. The predicted molar refractivity (Wildman–Crippen MR) is 128 cm³/mol. The fourth-order valence-corrected chi connectivity index (χ4v) is 4.47. The summed E-state index contributed by atoms with van der Waals surface area (Å²) in [4.78, 5) is 51.7. The number of nitrogens with zero attached hydrogens (tertiary/aromatic N) is 1. The quantitative estimate of drug-likeness (QED) is 0.393. The minimum atomic E-state index is -0.347. The monoisotopic (exact) mass is 483 g/mol. The molecule has 0 atom stereocenters. The molecular weight excluding hydrogens is 450 g/mol. The summed E-state index contributed by atoms with van der Waals surface area (Å²) < 4.78 is 15.3. The second kappa shape index (κ2) is 11.8. The molecule has 188 valence electrons. The van der Waals surface area contributed by atoms with E-state index in [-0.39, 0.29) is 40.9 Å². The molecule has 1 saturated heterocycles. The van der Waals surface area contributed by atoms with E-state index < -0.39 is 0 Å². The van der Waals surface area contributed by atoms with E-state index >= 15 is 0 Å². The van der Waals surface area contributed by atoms with Crippen LogP contribution < -0.4 is 0 Å². The van der Waals surface area contributed by atoms with Crippen molar-refractivity contribution < 1.29 is 33.4 Å². The van der Waals surface area contributed by atoms with E-state index in [2.05, 4.69) is 0 Å². The molecule has 8 nitrogen and oxygen atoms in total. The summed E-state index contributed by atoms with van der Waals surface area (Å²) in [6.45, 7) is 4.94. The van der Waals surface area contributed by atoms with Crippen LogP contribution in [0.3, 0.4) is 0 Å². The molecule has 35 heavy (non-hydrogen) atoms. The minimum Gasteiger partial charge on any atom is -0.489 e. The van der Waals surface area contributed by atoms with E-state index in [1.54, 1.807) is 13.8 Å². The van der Waals surface area contributed by atoms with Crippen molar-refractivity contribution in [1.29, 1.82) is 0 Å². The van der Waals surface area contributed by atoms with E-state index in [0.717, 1.165) is 11.1 Å². The van der Waals surface area contributed by atoms with Crippen LogP contribution in [0, 0.1) is 5.92 Å². The van der Waals surface area contributed by atoms with Gasteiger partial charge in [-0.1, -0.05) is 24.3 Å². The third-order valence-electron chi connectivity index (χ3n) is 6.59. The Morgan fingerprint density at radius 2 is 1.51 bits per heavy atom. The predicted octanol–water partition coefficient (Wildman–Crippen LogP) is 2.94. The maximum Gasteiger partial charge on any atom is 0.309 e. The molecule has 0 spiro atoms. The van der Waals surface area contributed by atoms with Gasteiger partial charge in [-0.05, 0) is 44.2 Å². The standard InChI is InChI=1S/C27H33NO7/c1-5-35-27(32)20-12-14-28(15-13-20)22(29)11-10-18-6-8-19(9-7-18)16-21-17(2)23(30)25(33-3)26(34-4)24(21)31/h6-9,20H,5,10-16H2,1-4H3. The van der Waals surface area contributed by atoms with Crippen LogP contribution in [0.2, 0.25) is 0 Å². The van der Waals surface area contributed by atoms with Gasteiger partial charge in [-0.15, -0.1) is 0 Å². The summed E-state index contributed by atoms with van der Waals surface area (Å²) >= 11 is 0. The number of esters is 1. The lowest BCUT2D eigenvalue weighted by Gasteiger charge is -2.31. The van der Waals surface area contributed by atoms with Gasteiger partial charge in [0.25, 0.3) is 0 Å². The van der Waals surface area contributed by atoms with Gasteiger partial charge in [0, 0.05) is 37.1 Å². The van der Waals surface area contributed by atoms with Crippen molar-refractivity contribution in [3.05, 3.63) is 58.1 Å². The van der Waals surface area contributed by atoms with E-state index in [1.807, 2.05) is 29.2 Å². The number of piperidine rings is 1. The number of likely N-dealkylation sites (tertiary alicyclic amines) is 1. The molecule has 0 aromatic heterocycles. The number of Topliss-reactive ketones (excluding diaryl/α,β-unsaturated/α-hetero) is 2. The first-order chi connectivity index (χ1) is 16.8. The van der Waals surface area contributed by atoms with Crippen molar-refractivity contribution in [2.75, 3.05) is 33.9 Å². The summed E-state index contributed by atoms with van der Waals surface area (Å²) in [5, 5.41) is 0. The smallest absolute Gasteiger partial charge is 0.309 e. The normalized spacial score (nSPS) is 17.1. The van der Waals surface area contributed by atoms with Crippen molar-refractivity contribution in [2.24, 2.45) is 5.92 Å². The summed E-state index contributed by atoms with van der Waals surface area (Å²) in [5.41, 5.74) is 2.64. The first kappa shape index (κ1) is 26.2. The van der Waals surface area contributed by atoms with Gasteiger partial charge in [0.05, 0.1) is 26.7 Å². The zero-order valence-corrected chi connectivity index (χ0v) is 20.8. The zero-order chi connectivity index (χ0) is 25.5. The maximum atomic E-state index is 12.8. The average molecular weight is 484 g/mol. The first-order valence-corrected chi connectivity index (χ1v) is 11.9. The van der Waals surface area contributed by atoms with Gasteiger partial charge in [0.2, 0.25) is 29.0 Å². The molecule has 0 radical (unpaired) electrons. The van der Waals surface area contributed by atoms with Gasteiger partial charge in [-0.3, -0.25) is 19.2 Å². The summed E-state index contributed by atoms with van der Waals surface area (Å²) in [5.74, 6) is -1.03. The summed E-state index contributed by atoms with van der Waals surface area (Å²) in [6, 6.07) is 7.69. The van der Waals surface area contributed by atoms with Crippen LogP contribution in [-0.2, 0) is 46.2 Å². The van der Waals surface area contributed by atoms with Crippen LogP contribution >= 0.6 is 0 Å². The van der Waals surface area contributed by atoms with Gasteiger partial charge in [0.15, 0.2) is 0 Å². The molecule has 0 saturated carbocycles. The van der Waals surface area contributed by atoms with Gasteiger partial charge in [-0.2, -0.15) is 0 Å². The number of carbonyl (C=O) groups is 4. The molecular formula is C27H33NO7. The van der Waals surface area contributed by atoms with E-state index in [4.69, 9.17) is 14.2 Å². The van der Waals surface area contributed by atoms with Crippen LogP contribution in [-0.4, -0.2) is 62.3 Å². The number of amides is 1. The second-order valence-corrected chi connectivity index (χ2v) is 8.73. The number of hydrogen-bond donors (Lipinski definition) is 0. The molecule has 0 N–H and O–H groups in total. The molecule has 1 aromatic rings. The molecule has 0 unspecified atom stereocenters.